The van der Waals surface area contributed by atoms with Crippen LogP contribution in [0.15, 0.2) is 48.5 Å². The van der Waals surface area contributed by atoms with Crippen LogP contribution >= 0.6 is 0 Å². The summed E-state index contributed by atoms with van der Waals surface area (Å²) in [5.41, 5.74) is 1.41. The lowest BCUT2D eigenvalue weighted by molar-refractivity contribution is -0.137. The van der Waals surface area contributed by atoms with Crippen molar-refractivity contribution in [1.29, 1.82) is 0 Å². The summed E-state index contributed by atoms with van der Waals surface area (Å²) in [5, 5.41) is 0. The van der Waals surface area contributed by atoms with Gasteiger partial charge in [0.25, 0.3) is 0 Å². The van der Waals surface area contributed by atoms with Crippen LogP contribution in [0.4, 0.5) is 13.2 Å². The van der Waals surface area contributed by atoms with E-state index in [1.807, 2.05) is 34.9 Å². The molecule has 0 aliphatic heterocycles. The minimum atomic E-state index is -4.37. The summed E-state index contributed by atoms with van der Waals surface area (Å²) in [6.45, 7) is 1.01. The fraction of sp³-hybridized carbons (Fsp3) is 0.278. The summed E-state index contributed by atoms with van der Waals surface area (Å²) < 4.78 is 45.8. The molecule has 0 aliphatic carbocycles. The Balaban J connectivity index is 2.05. The normalized spacial score (nSPS) is 12.0. The molecule has 6 heteroatoms. The van der Waals surface area contributed by atoms with Gasteiger partial charge in [-0.15, -0.1) is 0 Å². The zero-order valence-corrected chi connectivity index (χ0v) is 13.2. The van der Waals surface area contributed by atoms with Gasteiger partial charge in [0.2, 0.25) is 0 Å². The number of hydrogen-bond acceptors (Lipinski definition) is 2. The quantitative estimate of drug-likeness (QED) is 0.696. The van der Waals surface area contributed by atoms with E-state index in [1.165, 1.54) is 6.07 Å². The van der Waals surface area contributed by atoms with Crippen molar-refractivity contribution in [2.75, 3.05) is 13.7 Å². The Morgan fingerprint density at radius 3 is 2.50 bits per heavy atom. The summed E-state index contributed by atoms with van der Waals surface area (Å²) in [5.74, 6) is 0.729. The molecule has 0 fully saturated rings. The molecule has 0 unspecified atom stereocenters. The fourth-order valence-corrected chi connectivity index (χ4v) is 2.70. The van der Waals surface area contributed by atoms with Crippen LogP contribution in [-0.4, -0.2) is 23.3 Å². The van der Waals surface area contributed by atoms with Gasteiger partial charge in [-0.3, -0.25) is 0 Å². The predicted octanol–water partition coefficient (Wildman–Crippen LogP) is 4.29. The molecule has 3 rings (SSSR count). The molecule has 3 nitrogen and oxygen atoms in total. The largest absolute Gasteiger partial charge is 0.416 e. The molecule has 2 aromatic carbocycles. The van der Waals surface area contributed by atoms with E-state index < -0.39 is 11.7 Å². The van der Waals surface area contributed by atoms with Gasteiger partial charge in [0.05, 0.1) is 23.2 Å². The van der Waals surface area contributed by atoms with Crippen molar-refractivity contribution in [3.63, 3.8) is 0 Å². The van der Waals surface area contributed by atoms with Gasteiger partial charge in [-0.1, -0.05) is 30.3 Å². The molecule has 0 atom stereocenters. The number of rotatable bonds is 5. The molecule has 0 amide bonds. The Kier molecular flexibility index (Phi) is 4.57. The standard InChI is InChI=1S/C18H17F3N2O/c1-24-10-9-23-16-8-7-14(18(19,20)21)12-15(16)22-17(23)11-13-5-3-2-4-6-13/h2-8,12H,9-11H2,1H3. The number of benzene rings is 2. The van der Waals surface area contributed by atoms with Crippen molar-refractivity contribution >= 4 is 11.0 Å². The lowest BCUT2D eigenvalue weighted by Crippen LogP contribution is -2.09. The first kappa shape index (κ1) is 16.5. The fourth-order valence-electron chi connectivity index (χ4n) is 2.70. The number of imidazole rings is 1. The van der Waals surface area contributed by atoms with Gasteiger partial charge in [-0.25, -0.2) is 4.98 Å². The van der Waals surface area contributed by atoms with Crippen molar-refractivity contribution in [1.82, 2.24) is 9.55 Å². The Hall–Kier alpha value is -2.34. The zero-order valence-electron chi connectivity index (χ0n) is 13.2. The van der Waals surface area contributed by atoms with Crippen LogP contribution in [-0.2, 0) is 23.9 Å². The molecular weight excluding hydrogens is 317 g/mol. The van der Waals surface area contributed by atoms with Crippen LogP contribution in [0.25, 0.3) is 11.0 Å². The Bertz CT molecular complexity index is 825. The third-order valence-electron chi connectivity index (χ3n) is 3.88. The highest BCUT2D eigenvalue weighted by Gasteiger charge is 2.31. The van der Waals surface area contributed by atoms with E-state index in [0.717, 1.165) is 23.5 Å². The lowest BCUT2D eigenvalue weighted by atomic mass is 10.1. The number of halogens is 3. The summed E-state index contributed by atoms with van der Waals surface area (Å²) in [4.78, 5) is 4.44. The van der Waals surface area contributed by atoms with Crippen LogP contribution in [0.3, 0.4) is 0 Å². The van der Waals surface area contributed by atoms with E-state index >= 15 is 0 Å². The molecule has 1 aromatic heterocycles. The van der Waals surface area contributed by atoms with E-state index in [2.05, 4.69) is 4.98 Å². The van der Waals surface area contributed by atoms with Crippen molar-refractivity contribution in [2.45, 2.75) is 19.1 Å². The molecule has 3 aromatic rings. The average molecular weight is 334 g/mol. The minimum absolute atomic E-state index is 0.354. The number of ether oxygens (including phenoxy) is 1. The third kappa shape index (κ3) is 3.43. The first-order valence-corrected chi connectivity index (χ1v) is 7.58. The maximum atomic E-state index is 12.9. The predicted molar refractivity (Wildman–Crippen MR) is 85.9 cm³/mol. The summed E-state index contributed by atoms with van der Waals surface area (Å²) >= 11 is 0. The van der Waals surface area contributed by atoms with E-state index in [9.17, 15) is 13.2 Å². The van der Waals surface area contributed by atoms with E-state index in [0.29, 0.717) is 30.6 Å². The molecule has 0 saturated carbocycles. The van der Waals surface area contributed by atoms with Crippen LogP contribution in [0.2, 0.25) is 0 Å². The molecule has 0 saturated heterocycles. The molecule has 0 radical (unpaired) electrons. The molecule has 0 aliphatic rings. The number of aromatic nitrogens is 2. The van der Waals surface area contributed by atoms with Gasteiger partial charge < -0.3 is 9.30 Å². The first-order chi connectivity index (χ1) is 11.5. The molecule has 0 spiro atoms. The molecule has 1 heterocycles. The van der Waals surface area contributed by atoms with Crippen LogP contribution in [0.1, 0.15) is 17.0 Å². The molecule has 0 bridgehead atoms. The molecule has 0 N–H and O–H groups in total. The number of nitrogens with zero attached hydrogens (tertiary/aromatic N) is 2. The van der Waals surface area contributed by atoms with Crippen molar-refractivity contribution < 1.29 is 17.9 Å². The highest BCUT2D eigenvalue weighted by Crippen LogP contribution is 2.31. The van der Waals surface area contributed by atoms with E-state index in [-0.39, 0.29) is 0 Å². The summed E-state index contributed by atoms with van der Waals surface area (Å²) in [6.07, 6.45) is -3.81. The van der Waals surface area contributed by atoms with Crippen LogP contribution in [0, 0.1) is 0 Å². The maximum Gasteiger partial charge on any atom is 0.416 e. The highest BCUT2D eigenvalue weighted by molar-refractivity contribution is 5.77. The Morgan fingerprint density at radius 1 is 1.08 bits per heavy atom. The number of methoxy groups -OCH3 is 1. The second kappa shape index (κ2) is 6.65. The molecular formula is C18H17F3N2O. The smallest absolute Gasteiger partial charge is 0.383 e. The number of hydrogen-bond donors (Lipinski definition) is 0. The second-order valence-corrected chi connectivity index (χ2v) is 5.54. The minimum Gasteiger partial charge on any atom is -0.383 e. The van der Waals surface area contributed by atoms with E-state index in [4.69, 9.17) is 4.74 Å². The van der Waals surface area contributed by atoms with Gasteiger partial charge >= 0.3 is 6.18 Å². The van der Waals surface area contributed by atoms with Gasteiger partial charge in [-0.2, -0.15) is 13.2 Å². The van der Waals surface area contributed by atoms with Gasteiger partial charge in [0.1, 0.15) is 5.82 Å². The van der Waals surface area contributed by atoms with Crippen molar-refractivity contribution in [3.8, 4) is 0 Å². The van der Waals surface area contributed by atoms with Crippen LogP contribution in [0.5, 0.6) is 0 Å². The second-order valence-electron chi connectivity index (χ2n) is 5.54. The Labute approximate surface area is 137 Å². The first-order valence-electron chi connectivity index (χ1n) is 7.58. The lowest BCUT2D eigenvalue weighted by Gasteiger charge is -2.09. The van der Waals surface area contributed by atoms with Gasteiger partial charge in [0, 0.05) is 20.1 Å². The monoisotopic (exact) mass is 334 g/mol. The zero-order chi connectivity index (χ0) is 17.2. The van der Waals surface area contributed by atoms with Crippen molar-refractivity contribution in [3.05, 3.63) is 65.5 Å². The van der Waals surface area contributed by atoms with E-state index in [1.54, 1.807) is 7.11 Å². The molecule has 126 valence electrons. The maximum absolute atomic E-state index is 12.9. The van der Waals surface area contributed by atoms with Gasteiger partial charge in [0.15, 0.2) is 0 Å². The van der Waals surface area contributed by atoms with Gasteiger partial charge in [-0.05, 0) is 23.8 Å². The summed E-state index contributed by atoms with van der Waals surface area (Å²) in [6, 6.07) is 13.4. The molecule has 24 heavy (non-hydrogen) atoms. The SMILES string of the molecule is COCCn1c(Cc2ccccc2)nc2cc(C(F)(F)F)ccc21. The Morgan fingerprint density at radius 2 is 1.83 bits per heavy atom. The third-order valence-corrected chi connectivity index (χ3v) is 3.88. The highest BCUT2D eigenvalue weighted by atomic mass is 19.4. The average Bonchev–Trinajstić information content (AvgIpc) is 2.89. The van der Waals surface area contributed by atoms with Crippen molar-refractivity contribution in [2.24, 2.45) is 0 Å². The number of alkyl halides is 3. The number of fused-ring (bicyclic) bond motifs is 1. The van der Waals surface area contributed by atoms with Crippen LogP contribution < -0.4 is 0 Å². The summed E-state index contributed by atoms with van der Waals surface area (Å²) in [7, 11) is 1.59. The topological polar surface area (TPSA) is 27.1 Å².